The van der Waals surface area contributed by atoms with Crippen LogP contribution in [0.15, 0.2) is 18.2 Å². The van der Waals surface area contributed by atoms with Crippen molar-refractivity contribution in [2.75, 3.05) is 0 Å². The quantitative estimate of drug-likeness (QED) is 0.800. The van der Waals surface area contributed by atoms with Gasteiger partial charge in [-0.1, -0.05) is 35.3 Å². The van der Waals surface area contributed by atoms with Crippen molar-refractivity contribution < 1.29 is 5.11 Å². The molecule has 1 heterocycles. The van der Waals surface area contributed by atoms with E-state index in [4.69, 9.17) is 28.3 Å². The maximum Gasteiger partial charge on any atom is 0.0848 e. The molecule has 14 heavy (non-hydrogen) atoms. The number of rotatable bonds is 1. The minimum atomic E-state index is -0.0830. The van der Waals surface area contributed by atoms with Crippen molar-refractivity contribution in [3.63, 3.8) is 0 Å². The van der Waals surface area contributed by atoms with Crippen LogP contribution in [0.2, 0.25) is 10.0 Å². The molecule has 2 rings (SSSR count). The Kier molecular flexibility index (Phi) is 2.43. The zero-order valence-electron chi connectivity index (χ0n) is 7.59. The summed E-state index contributed by atoms with van der Waals surface area (Å²) in [4.78, 5) is 0. The lowest BCUT2D eigenvalue weighted by molar-refractivity contribution is 0.273. The molecule has 2 nitrogen and oxygen atoms in total. The van der Waals surface area contributed by atoms with E-state index in [1.807, 2.05) is 23.7 Å². The summed E-state index contributed by atoms with van der Waals surface area (Å²) in [6.45, 7) is -0.0830. The minimum Gasteiger partial charge on any atom is -0.390 e. The summed E-state index contributed by atoms with van der Waals surface area (Å²) in [5, 5.41) is 11.2. The Balaban J connectivity index is 2.94. The van der Waals surface area contributed by atoms with Gasteiger partial charge in [0.2, 0.25) is 0 Å². The van der Waals surface area contributed by atoms with Gasteiger partial charge in [-0.2, -0.15) is 0 Å². The lowest BCUT2D eigenvalue weighted by Gasteiger charge is -2.01. The van der Waals surface area contributed by atoms with Crippen molar-refractivity contribution in [1.82, 2.24) is 4.57 Å². The first-order valence-electron chi connectivity index (χ1n) is 4.19. The summed E-state index contributed by atoms with van der Waals surface area (Å²) < 4.78 is 1.82. The highest BCUT2D eigenvalue weighted by molar-refractivity contribution is 6.40. The van der Waals surface area contributed by atoms with Crippen molar-refractivity contribution in [2.24, 2.45) is 7.05 Å². The standard InChI is InChI=1S/C10H9Cl2NO/c1-13-8(5-14)9(12)6-3-2-4-7(11)10(6)13/h2-4,14H,5H2,1H3. The number of hydrogen-bond donors (Lipinski definition) is 1. The molecule has 0 aliphatic heterocycles. The molecule has 0 aliphatic carbocycles. The summed E-state index contributed by atoms with van der Waals surface area (Å²) in [6, 6.07) is 5.54. The molecule has 0 saturated carbocycles. The highest BCUT2D eigenvalue weighted by Crippen LogP contribution is 2.33. The number of halogens is 2. The lowest BCUT2D eigenvalue weighted by atomic mass is 10.2. The van der Waals surface area contributed by atoms with Crippen molar-refractivity contribution in [2.45, 2.75) is 6.61 Å². The number of benzene rings is 1. The molecule has 0 bridgehead atoms. The first-order chi connectivity index (χ1) is 6.66. The maximum atomic E-state index is 9.14. The molecule has 4 heteroatoms. The van der Waals surface area contributed by atoms with Gasteiger partial charge in [0, 0.05) is 12.4 Å². The second kappa shape index (κ2) is 3.46. The Morgan fingerprint density at radius 1 is 1.36 bits per heavy atom. The fraction of sp³-hybridized carbons (Fsp3) is 0.200. The van der Waals surface area contributed by atoms with Crippen LogP contribution in [0.4, 0.5) is 0 Å². The molecule has 1 aromatic carbocycles. The highest BCUT2D eigenvalue weighted by atomic mass is 35.5. The number of aryl methyl sites for hydroxylation is 1. The number of para-hydroxylation sites is 1. The van der Waals surface area contributed by atoms with E-state index in [9.17, 15) is 0 Å². The van der Waals surface area contributed by atoms with E-state index in [1.54, 1.807) is 6.07 Å². The summed E-state index contributed by atoms with van der Waals surface area (Å²) in [5.41, 5.74) is 1.55. The number of fused-ring (bicyclic) bond motifs is 1. The normalized spacial score (nSPS) is 11.1. The molecule has 0 fully saturated rings. The van der Waals surface area contributed by atoms with E-state index in [1.165, 1.54) is 0 Å². The van der Waals surface area contributed by atoms with Crippen LogP contribution in [0, 0.1) is 0 Å². The Morgan fingerprint density at radius 3 is 2.64 bits per heavy atom. The van der Waals surface area contributed by atoms with E-state index in [-0.39, 0.29) is 6.61 Å². The topological polar surface area (TPSA) is 25.2 Å². The molecular weight excluding hydrogens is 221 g/mol. The minimum absolute atomic E-state index is 0.0830. The van der Waals surface area contributed by atoms with Crippen LogP contribution in [0.25, 0.3) is 10.9 Å². The number of aliphatic hydroxyl groups is 1. The van der Waals surface area contributed by atoms with E-state index >= 15 is 0 Å². The number of nitrogens with zero attached hydrogens (tertiary/aromatic N) is 1. The van der Waals surface area contributed by atoms with Gasteiger partial charge in [0.05, 0.1) is 27.9 Å². The maximum absolute atomic E-state index is 9.14. The van der Waals surface area contributed by atoms with Crippen LogP contribution in [0.1, 0.15) is 5.69 Å². The summed E-state index contributed by atoms with van der Waals surface area (Å²) in [6.07, 6.45) is 0. The second-order valence-corrected chi connectivity index (χ2v) is 3.90. The Bertz CT molecular complexity index is 490. The van der Waals surface area contributed by atoms with Crippen LogP contribution in [0.3, 0.4) is 0 Å². The third-order valence-electron chi connectivity index (χ3n) is 2.37. The Morgan fingerprint density at radius 2 is 2.07 bits per heavy atom. The molecule has 1 aromatic heterocycles. The van der Waals surface area contributed by atoms with Gasteiger partial charge in [-0.25, -0.2) is 0 Å². The number of aromatic nitrogens is 1. The van der Waals surface area contributed by atoms with Gasteiger partial charge in [-0.05, 0) is 6.07 Å². The van der Waals surface area contributed by atoms with E-state index in [0.29, 0.717) is 15.7 Å². The number of hydrogen-bond acceptors (Lipinski definition) is 1. The van der Waals surface area contributed by atoms with Gasteiger partial charge >= 0.3 is 0 Å². The smallest absolute Gasteiger partial charge is 0.0848 e. The van der Waals surface area contributed by atoms with Crippen molar-refractivity contribution in [3.8, 4) is 0 Å². The first kappa shape index (κ1) is 9.84. The fourth-order valence-electron chi connectivity index (χ4n) is 1.65. The average molecular weight is 230 g/mol. The molecule has 0 atom stereocenters. The van der Waals surface area contributed by atoms with Gasteiger partial charge in [-0.15, -0.1) is 0 Å². The summed E-state index contributed by atoms with van der Waals surface area (Å²) in [5.74, 6) is 0. The van der Waals surface area contributed by atoms with Crippen LogP contribution < -0.4 is 0 Å². The number of aliphatic hydroxyl groups excluding tert-OH is 1. The average Bonchev–Trinajstić information content (AvgIpc) is 2.41. The van der Waals surface area contributed by atoms with Gasteiger partial charge in [0.1, 0.15) is 0 Å². The molecule has 0 aliphatic rings. The molecule has 74 valence electrons. The fourth-order valence-corrected chi connectivity index (χ4v) is 2.29. The van der Waals surface area contributed by atoms with E-state index < -0.39 is 0 Å². The largest absolute Gasteiger partial charge is 0.390 e. The van der Waals surface area contributed by atoms with E-state index in [0.717, 1.165) is 10.9 Å². The Labute approximate surface area is 91.7 Å². The lowest BCUT2D eigenvalue weighted by Crippen LogP contribution is -1.95. The summed E-state index contributed by atoms with van der Waals surface area (Å²) >= 11 is 12.1. The second-order valence-electron chi connectivity index (χ2n) is 3.11. The summed E-state index contributed by atoms with van der Waals surface area (Å²) in [7, 11) is 1.84. The molecule has 0 radical (unpaired) electrons. The molecule has 0 spiro atoms. The van der Waals surface area contributed by atoms with Gasteiger partial charge in [0.25, 0.3) is 0 Å². The molecular formula is C10H9Cl2NO. The van der Waals surface area contributed by atoms with Gasteiger partial charge in [-0.3, -0.25) is 0 Å². The van der Waals surface area contributed by atoms with Crippen molar-refractivity contribution in [3.05, 3.63) is 33.9 Å². The van der Waals surface area contributed by atoms with Crippen LogP contribution in [-0.2, 0) is 13.7 Å². The van der Waals surface area contributed by atoms with Crippen molar-refractivity contribution >= 4 is 34.1 Å². The highest BCUT2D eigenvalue weighted by Gasteiger charge is 2.13. The van der Waals surface area contributed by atoms with Crippen LogP contribution in [0.5, 0.6) is 0 Å². The predicted molar refractivity (Wildman–Crippen MR) is 58.9 cm³/mol. The monoisotopic (exact) mass is 229 g/mol. The Hall–Kier alpha value is -0.700. The molecule has 0 saturated heterocycles. The SMILES string of the molecule is Cn1c(CO)c(Cl)c2cccc(Cl)c21. The molecule has 1 N–H and O–H groups in total. The van der Waals surface area contributed by atoms with Crippen molar-refractivity contribution in [1.29, 1.82) is 0 Å². The van der Waals surface area contributed by atoms with Gasteiger partial charge in [0.15, 0.2) is 0 Å². The third kappa shape index (κ3) is 1.22. The first-order valence-corrected chi connectivity index (χ1v) is 4.94. The molecule has 0 amide bonds. The van der Waals surface area contributed by atoms with Gasteiger partial charge < -0.3 is 9.67 Å². The predicted octanol–water partition coefficient (Wildman–Crippen LogP) is 2.98. The molecule has 2 aromatic rings. The zero-order valence-corrected chi connectivity index (χ0v) is 9.10. The van der Waals surface area contributed by atoms with E-state index in [2.05, 4.69) is 0 Å². The van der Waals surface area contributed by atoms with Crippen LogP contribution >= 0.6 is 23.2 Å². The zero-order chi connectivity index (χ0) is 10.3. The molecule has 0 unspecified atom stereocenters. The van der Waals surface area contributed by atoms with Crippen LogP contribution in [-0.4, -0.2) is 9.67 Å². The third-order valence-corrected chi connectivity index (χ3v) is 3.09.